The van der Waals surface area contributed by atoms with Gasteiger partial charge in [-0.1, -0.05) is 13.0 Å². The van der Waals surface area contributed by atoms with Gasteiger partial charge in [0.05, 0.1) is 42.5 Å². The van der Waals surface area contributed by atoms with Crippen molar-refractivity contribution in [3.63, 3.8) is 0 Å². The van der Waals surface area contributed by atoms with Crippen LogP contribution in [0.3, 0.4) is 0 Å². The number of aryl methyl sites for hydroxylation is 2. The second kappa shape index (κ2) is 11.6. The summed E-state index contributed by atoms with van der Waals surface area (Å²) in [4.78, 5) is 14.3. The number of nitrogens with one attached hydrogen (secondary N) is 2. The Labute approximate surface area is 248 Å². The van der Waals surface area contributed by atoms with Gasteiger partial charge in [-0.2, -0.15) is 4.98 Å². The Balaban J connectivity index is 1.35. The lowest BCUT2D eigenvalue weighted by Crippen LogP contribution is -2.35. The number of methoxy groups -OCH3 is 1. The Morgan fingerprint density at radius 1 is 1.19 bits per heavy atom. The number of pyridine rings is 1. The molecule has 1 aliphatic heterocycles. The summed E-state index contributed by atoms with van der Waals surface area (Å²) in [6.07, 6.45) is 8.00. The molecule has 3 aliphatic rings. The van der Waals surface area contributed by atoms with Gasteiger partial charge in [0.25, 0.3) is 0 Å². The molecule has 1 saturated heterocycles. The van der Waals surface area contributed by atoms with Crippen LogP contribution in [0.2, 0.25) is 0 Å². The number of ether oxygens (including phenoxy) is 3. The fourth-order valence-electron chi connectivity index (χ4n) is 6.25. The minimum atomic E-state index is -0.722. The number of aliphatic hydroxyl groups excluding tert-OH is 1. The molecular formula is C31H40N5O5P. The number of hydrogen-bond donors (Lipinski definition) is 3. The Morgan fingerprint density at radius 2 is 2.00 bits per heavy atom. The number of aliphatic hydroxyl groups is 1. The number of furan rings is 1. The van der Waals surface area contributed by atoms with E-state index in [-0.39, 0.29) is 30.8 Å². The number of rotatable bonds is 9. The number of aromatic nitrogens is 3. The molecule has 4 heterocycles. The molecule has 3 N–H and O–H groups in total. The molecule has 3 aromatic rings. The van der Waals surface area contributed by atoms with E-state index in [1.54, 1.807) is 13.3 Å². The lowest BCUT2D eigenvalue weighted by Gasteiger charge is -2.25. The molecule has 10 nitrogen and oxygen atoms in total. The minimum Gasteiger partial charge on any atom is -0.501 e. The monoisotopic (exact) mass is 593 g/mol. The molecule has 0 amide bonds. The molecule has 0 radical (unpaired) electrons. The number of nitrogens with zero attached hydrogens (tertiary/aromatic N) is 3. The van der Waals surface area contributed by atoms with E-state index < -0.39 is 5.79 Å². The first-order chi connectivity index (χ1) is 20.2. The Morgan fingerprint density at radius 3 is 2.76 bits per heavy atom. The number of hydrogen-bond acceptors (Lipinski definition) is 10. The lowest BCUT2D eigenvalue weighted by atomic mass is 10.1. The van der Waals surface area contributed by atoms with Gasteiger partial charge in [0.1, 0.15) is 17.7 Å². The van der Waals surface area contributed by atoms with E-state index in [1.807, 2.05) is 26.8 Å². The lowest BCUT2D eigenvalue weighted by molar-refractivity contribution is -0.158. The van der Waals surface area contributed by atoms with E-state index in [2.05, 4.69) is 50.0 Å². The van der Waals surface area contributed by atoms with Gasteiger partial charge in [-0.15, -0.1) is 9.24 Å². The van der Waals surface area contributed by atoms with Crippen molar-refractivity contribution in [1.29, 1.82) is 0 Å². The zero-order valence-electron chi connectivity index (χ0n) is 24.8. The highest BCUT2D eigenvalue weighted by molar-refractivity contribution is 7.18. The summed E-state index contributed by atoms with van der Waals surface area (Å²) in [6, 6.07) is 3.95. The molecule has 42 heavy (non-hydrogen) atoms. The smallest absolute Gasteiger partial charge is 0.225 e. The van der Waals surface area contributed by atoms with E-state index in [0.717, 1.165) is 46.5 Å². The van der Waals surface area contributed by atoms with Crippen molar-refractivity contribution in [1.82, 2.24) is 15.0 Å². The summed E-state index contributed by atoms with van der Waals surface area (Å²) in [5.41, 5.74) is 4.68. The summed E-state index contributed by atoms with van der Waals surface area (Å²) >= 11 is 0. The van der Waals surface area contributed by atoms with Crippen molar-refractivity contribution >= 4 is 32.0 Å². The average molecular weight is 594 g/mol. The fourth-order valence-corrected chi connectivity index (χ4v) is 6.73. The van der Waals surface area contributed by atoms with Gasteiger partial charge in [-0.3, -0.25) is 4.98 Å². The van der Waals surface area contributed by atoms with Crippen LogP contribution in [0.5, 0.6) is 0 Å². The molecular weight excluding hydrogens is 553 g/mol. The summed E-state index contributed by atoms with van der Waals surface area (Å²) in [5, 5.41) is 18.2. The summed E-state index contributed by atoms with van der Waals surface area (Å²) in [5.74, 6) is 1.99. The van der Waals surface area contributed by atoms with Crippen molar-refractivity contribution in [2.45, 2.75) is 76.7 Å². The molecule has 0 bridgehead atoms. The highest BCUT2D eigenvalue weighted by atomic mass is 31.0. The van der Waals surface area contributed by atoms with E-state index >= 15 is 0 Å². The average Bonchev–Trinajstić information content (AvgIpc) is 3.61. The second-order valence-corrected chi connectivity index (χ2v) is 12.7. The normalized spacial score (nSPS) is 26.6. The maximum atomic E-state index is 10.1. The van der Waals surface area contributed by atoms with Gasteiger partial charge in [0.15, 0.2) is 11.4 Å². The third kappa shape index (κ3) is 5.78. The second-order valence-electron chi connectivity index (χ2n) is 11.8. The van der Waals surface area contributed by atoms with E-state index in [4.69, 9.17) is 28.6 Å². The SMILES string of the molecule is CCc1cc2cc(-c3c(C)nc(NCC4=CC(P)CC(OC)=C4)nc3N[C@@H]3C[C@H](CO)[C@H]4OC(C)(C)O[C@H]43)oc2cn1. The third-order valence-electron chi connectivity index (χ3n) is 8.22. The first-order valence-electron chi connectivity index (χ1n) is 14.6. The molecule has 11 heteroatoms. The van der Waals surface area contributed by atoms with Gasteiger partial charge in [0, 0.05) is 36.6 Å². The summed E-state index contributed by atoms with van der Waals surface area (Å²) in [6.45, 7) is 8.45. The molecule has 2 aliphatic carbocycles. The Bertz CT molecular complexity index is 1540. The van der Waals surface area contributed by atoms with Gasteiger partial charge in [-0.25, -0.2) is 4.98 Å². The maximum Gasteiger partial charge on any atom is 0.225 e. The van der Waals surface area contributed by atoms with Gasteiger partial charge < -0.3 is 34.4 Å². The maximum absolute atomic E-state index is 10.1. The molecule has 3 aromatic heterocycles. The van der Waals surface area contributed by atoms with Crippen LogP contribution in [0, 0.1) is 12.8 Å². The predicted octanol–water partition coefficient (Wildman–Crippen LogP) is 4.98. The fraction of sp³-hybridized carbons (Fsp3) is 0.516. The molecule has 0 aromatic carbocycles. The van der Waals surface area contributed by atoms with Gasteiger partial charge in [-0.05, 0) is 63.1 Å². The highest BCUT2D eigenvalue weighted by Gasteiger charge is 2.54. The molecule has 224 valence electrons. The van der Waals surface area contributed by atoms with Crippen molar-refractivity contribution in [2.24, 2.45) is 5.92 Å². The first kappa shape index (κ1) is 29.1. The van der Waals surface area contributed by atoms with Crippen LogP contribution in [0.4, 0.5) is 11.8 Å². The Hall–Kier alpha value is -3.04. The van der Waals surface area contributed by atoms with E-state index in [1.165, 1.54) is 0 Å². The van der Waals surface area contributed by atoms with Crippen molar-refractivity contribution in [3.05, 3.63) is 53.2 Å². The van der Waals surface area contributed by atoms with Crippen LogP contribution < -0.4 is 10.6 Å². The predicted molar refractivity (Wildman–Crippen MR) is 165 cm³/mol. The van der Waals surface area contributed by atoms with Crippen molar-refractivity contribution < 1.29 is 23.7 Å². The number of fused-ring (bicyclic) bond motifs is 2. The zero-order chi connectivity index (χ0) is 29.6. The van der Waals surface area contributed by atoms with Crippen molar-refractivity contribution in [3.8, 4) is 11.3 Å². The first-order valence-corrected chi connectivity index (χ1v) is 15.3. The van der Waals surface area contributed by atoms with Crippen molar-refractivity contribution in [2.75, 3.05) is 30.9 Å². The molecule has 6 atom stereocenters. The van der Waals surface area contributed by atoms with E-state index in [0.29, 0.717) is 41.7 Å². The van der Waals surface area contributed by atoms with E-state index in [9.17, 15) is 5.11 Å². The van der Waals surface area contributed by atoms with Crippen LogP contribution in [0.15, 0.2) is 46.2 Å². The van der Waals surface area contributed by atoms with Crippen LogP contribution in [-0.2, 0) is 20.6 Å². The van der Waals surface area contributed by atoms with Crippen LogP contribution in [-0.4, -0.2) is 70.0 Å². The zero-order valence-corrected chi connectivity index (χ0v) is 26.0. The minimum absolute atomic E-state index is 0.0282. The quantitative estimate of drug-likeness (QED) is 0.293. The largest absolute Gasteiger partial charge is 0.501 e. The Kier molecular flexibility index (Phi) is 8.00. The highest BCUT2D eigenvalue weighted by Crippen LogP contribution is 2.44. The van der Waals surface area contributed by atoms with Crippen LogP contribution in [0.1, 0.15) is 45.0 Å². The topological polar surface area (TPSA) is 124 Å². The number of allylic oxidation sites excluding steroid dienone is 2. The van der Waals surface area contributed by atoms with Gasteiger partial charge >= 0.3 is 0 Å². The molecule has 2 unspecified atom stereocenters. The van der Waals surface area contributed by atoms with Crippen LogP contribution in [0.25, 0.3) is 22.3 Å². The molecule has 2 fully saturated rings. The van der Waals surface area contributed by atoms with Gasteiger partial charge in [0.2, 0.25) is 5.95 Å². The molecule has 1 saturated carbocycles. The van der Waals surface area contributed by atoms with Crippen LogP contribution >= 0.6 is 9.24 Å². The summed E-state index contributed by atoms with van der Waals surface area (Å²) < 4.78 is 24.3. The number of anilines is 2. The third-order valence-corrected chi connectivity index (χ3v) is 8.65. The molecule has 0 spiro atoms. The standard InChI is InChI=1S/C31H40N5O5P/c1-6-20-9-18-11-24(39-25(18)14-32-20)26-16(2)34-30(33-13-17-7-21(38-5)12-22(42)8-17)36-29(26)35-23-10-19(15-37)27-28(23)41-31(3,4)40-27/h7-9,11,14,19,22-23,27-28,37H,6,10,12-13,15,42H2,1-5H3,(H2,33,34,35,36)/t19-,22?,23-,27-,28+/m1/s1. The molecule has 6 rings (SSSR count). The summed E-state index contributed by atoms with van der Waals surface area (Å²) in [7, 11) is 4.55.